The van der Waals surface area contributed by atoms with Crippen molar-refractivity contribution < 1.29 is 0 Å². The molecule has 0 spiro atoms. The number of hydrogen-bond donors (Lipinski definition) is 0. The van der Waals surface area contributed by atoms with Crippen LogP contribution in [0.3, 0.4) is 0 Å². The first-order valence-electron chi connectivity index (χ1n) is 6.10. The van der Waals surface area contributed by atoms with Crippen molar-refractivity contribution in [1.82, 2.24) is 4.98 Å². The maximum Gasteiger partial charge on any atom is 0.135 e. The first kappa shape index (κ1) is 14.1. The minimum atomic E-state index is 0.465. The number of halogens is 2. The zero-order chi connectivity index (χ0) is 14.8. The highest BCUT2D eigenvalue weighted by atomic mass is 35.5. The molecule has 0 N–H and O–H groups in total. The summed E-state index contributed by atoms with van der Waals surface area (Å²) in [5, 5.41) is 11.0. The number of nitriles is 1. The SMILES string of the molecule is N#CC(=Cc1ccc(Cl)c(Cl)c1)c1nc2ccccc2s1. The smallest absolute Gasteiger partial charge is 0.135 e. The minimum absolute atomic E-state index is 0.465. The Labute approximate surface area is 135 Å². The molecule has 3 aromatic rings. The average Bonchev–Trinajstić information content (AvgIpc) is 2.92. The molecular formula is C16H8Cl2N2S. The fourth-order valence-corrected chi connectivity index (χ4v) is 3.14. The van der Waals surface area contributed by atoms with Crippen molar-refractivity contribution in [2.24, 2.45) is 0 Å². The Hall–Kier alpha value is -1.86. The second-order valence-corrected chi connectivity index (χ2v) is 6.18. The fourth-order valence-electron chi connectivity index (χ4n) is 1.90. The van der Waals surface area contributed by atoms with E-state index in [0.29, 0.717) is 20.6 Å². The van der Waals surface area contributed by atoms with Crippen LogP contribution >= 0.6 is 34.5 Å². The van der Waals surface area contributed by atoms with E-state index in [9.17, 15) is 5.26 Å². The minimum Gasteiger partial charge on any atom is -0.235 e. The largest absolute Gasteiger partial charge is 0.235 e. The monoisotopic (exact) mass is 330 g/mol. The van der Waals surface area contributed by atoms with Gasteiger partial charge in [0.05, 0.1) is 25.8 Å². The van der Waals surface area contributed by atoms with E-state index in [1.165, 1.54) is 11.3 Å². The summed E-state index contributed by atoms with van der Waals surface area (Å²) in [5.41, 5.74) is 2.22. The second kappa shape index (κ2) is 5.87. The maximum absolute atomic E-state index is 9.38. The van der Waals surface area contributed by atoms with Gasteiger partial charge in [0.2, 0.25) is 0 Å². The van der Waals surface area contributed by atoms with E-state index in [1.54, 1.807) is 18.2 Å². The van der Waals surface area contributed by atoms with Gasteiger partial charge in [-0.25, -0.2) is 4.98 Å². The summed E-state index contributed by atoms with van der Waals surface area (Å²) in [6.45, 7) is 0. The summed E-state index contributed by atoms with van der Waals surface area (Å²) in [6, 6.07) is 15.3. The lowest BCUT2D eigenvalue weighted by Gasteiger charge is -1.98. The summed E-state index contributed by atoms with van der Waals surface area (Å²) >= 11 is 13.4. The first-order chi connectivity index (χ1) is 10.2. The Kier molecular flexibility index (Phi) is 3.94. The molecule has 102 valence electrons. The molecule has 1 aromatic heterocycles. The highest BCUT2D eigenvalue weighted by Gasteiger charge is 2.08. The lowest BCUT2D eigenvalue weighted by Crippen LogP contribution is -1.81. The van der Waals surface area contributed by atoms with E-state index >= 15 is 0 Å². The number of thiazole rings is 1. The van der Waals surface area contributed by atoms with Crippen LogP contribution in [0, 0.1) is 11.3 Å². The van der Waals surface area contributed by atoms with E-state index in [-0.39, 0.29) is 0 Å². The van der Waals surface area contributed by atoms with Crippen molar-refractivity contribution in [3.8, 4) is 6.07 Å². The van der Waals surface area contributed by atoms with Crippen molar-refractivity contribution in [2.45, 2.75) is 0 Å². The number of rotatable bonds is 2. The van der Waals surface area contributed by atoms with Crippen molar-refractivity contribution >= 4 is 56.4 Å². The molecule has 0 aliphatic carbocycles. The summed E-state index contributed by atoms with van der Waals surface area (Å²) in [4.78, 5) is 4.49. The molecule has 0 aliphatic heterocycles. The summed E-state index contributed by atoms with van der Waals surface area (Å²) in [5.74, 6) is 0. The van der Waals surface area contributed by atoms with Crippen LogP contribution in [-0.2, 0) is 0 Å². The molecule has 0 atom stereocenters. The average molecular weight is 331 g/mol. The molecule has 5 heteroatoms. The van der Waals surface area contributed by atoms with Gasteiger partial charge in [-0.15, -0.1) is 11.3 Å². The third-order valence-electron chi connectivity index (χ3n) is 2.90. The molecule has 0 saturated carbocycles. The molecule has 0 fully saturated rings. The van der Waals surface area contributed by atoms with Gasteiger partial charge < -0.3 is 0 Å². The van der Waals surface area contributed by atoms with Crippen LogP contribution < -0.4 is 0 Å². The van der Waals surface area contributed by atoms with E-state index < -0.39 is 0 Å². The lowest BCUT2D eigenvalue weighted by molar-refractivity contribution is 1.43. The standard InChI is InChI=1S/C16H8Cl2N2S/c17-12-6-5-10(8-13(12)18)7-11(9-19)16-20-14-3-1-2-4-15(14)21-16/h1-8H. The summed E-state index contributed by atoms with van der Waals surface area (Å²) in [7, 11) is 0. The molecule has 0 aliphatic rings. The van der Waals surface area contributed by atoms with Gasteiger partial charge in [0.1, 0.15) is 11.1 Å². The number of allylic oxidation sites excluding steroid dienone is 1. The third kappa shape index (κ3) is 2.93. The Morgan fingerprint density at radius 3 is 2.67 bits per heavy atom. The summed E-state index contributed by atoms with van der Waals surface area (Å²) < 4.78 is 1.06. The lowest BCUT2D eigenvalue weighted by atomic mass is 10.1. The van der Waals surface area contributed by atoms with Gasteiger partial charge in [-0.2, -0.15) is 5.26 Å². The van der Waals surface area contributed by atoms with Crippen molar-refractivity contribution in [3.05, 3.63) is 63.1 Å². The second-order valence-electron chi connectivity index (χ2n) is 4.33. The Bertz CT molecular complexity index is 858. The topological polar surface area (TPSA) is 36.7 Å². The molecular weight excluding hydrogens is 323 g/mol. The fraction of sp³-hybridized carbons (Fsp3) is 0. The van der Waals surface area contributed by atoms with Gasteiger partial charge in [0.15, 0.2) is 0 Å². The molecule has 3 rings (SSSR count). The highest BCUT2D eigenvalue weighted by Crippen LogP contribution is 2.29. The predicted octanol–water partition coefficient (Wildman–Crippen LogP) is 5.67. The number of nitrogens with zero attached hydrogens (tertiary/aromatic N) is 2. The molecule has 0 unspecified atom stereocenters. The van der Waals surface area contributed by atoms with Crippen LogP contribution in [-0.4, -0.2) is 4.98 Å². The molecule has 0 amide bonds. The van der Waals surface area contributed by atoms with Crippen LogP contribution in [0.4, 0.5) is 0 Å². The van der Waals surface area contributed by atoms with Gasteiger partial charge in [0.25, 0.3) is 0 Å². The Morgan fingerprint density at radius 1 is 1.14 bits per heavy atom. The normalized spacial score (nSPS) is 11.6. The summed E-state index contributed by atoms with van der Waals surface area (Å²) in [6.07, 6.45) is 1.76. The molecule has 0 saturated heterocycles. The van der Waals surface area contributed by atoms with E-state index in [0.717, 1.165) is 15.8 Å². The number of para-hydroxylation sites is 1. The van der Waals surface area contributed by atoms with Gasteiger partial charge in [0, 0.05) is 0 Å². The molecule has 1 heterocycles. The Balaban J connectivity index is 2.06. The van der Waals surface area contributed by atoms with Crippen LogP contribution in [0.5, 0.6) is 0 Å². The Morgan fingerprint density at radius 2 is 1.95 bits per heavy atom. The van der Waals surface area contributed by atoms with Gasteiger partial charge in [-0.05, 0) is 35.9 Å². The zero-order valence-electron chi connectivity index (χ0n) is 10.7. The van der Waals surface area contributed by atoms with Crippen LogP contribution in [0.2, 0.25) is 10.0 Å². The molecule has 0 radical (unpaired) electrons. The zero-order valence-corrected chi connectivity index (χ0v) is 13.0. The number of benzene rings is 2. The highest BCUT2D eigenvalue weighted by molar-refractivity contribution is 7.19. The molecule has 2 aromatic carbocycles. The van der Waals surface area contributed by atoms with Crippen LogP contribution in [0.15, 0.2) is 42.5 Å². The van der Waals surface area contributed by atoms with Gasteiger partial charge in [-0.1, -0.05) is 41.4 Å². The first-order valence-corrected chi connectivity index (χ1v) is 7.67. The third-order valence-corrected chi connectivity index (χ3v) is 4.71. The predicted molar refractivity (Wildman–Crippen MR) is 89.6 cm³/mol. The van der Waals surface area contributed by atoms with E-state index in [1.807, 2.05) is 30.3 Å². The van der Waals surface area contributed by atoms with Crippen molar-refractivity contribution in [3.63, 3.8) is 0 Å². The molecule has 0 bridgehead atoms. The molecule has 21 heavy (non-hydrogen) atoms. The van der Waals surface area contributed by atoms with E-state index in [4.69, 9.17) is 23.2 Å². The maximum atomic E-state index is 9.38. The van der Waals surface area contributed by atoms with Gasteiger partial charge in [-0.3, -0.25) is 0 Å². The number of aromatic nitrogens is 1. The molecule has 2 nitrogen and oxygen atoms in total. The van der Waals surface area contributed by atoms with Crippen molar-refractivity contribution in [2.75, 3.05) is 0 Å². The van der Waals surface area contributed by atoms with Gasteiger partial charge >= 0.3 is 0 Å². The van der Waals surface area contributed by atoms with E-state index in [2.05, 4.69) is 11.1 Å². The quantitative estimate of drug-likeness (QED) is 0.568. The van der Waals surface area contributed by atoms with Crippen molar-refractivity contribution in [1.29, 1.82) is 5.26 Å². The number of hydrogen-bond acceptors (Lipinski definition) is 3. The van der Waals surface area contributed by atoms with Crippen LogP contribution in [0.1, 0.15) is 10.6 Å². The van der Waals surface area contributed by atoms with Crippen LogP contribution in [0.25, 0.3) is 21.9 Å². The number of fused-ring (bicyclic) bond motifs is 1.